The molecule has 0 atom stereocenters. The van der Waals surface area contributed by atoms with Gasteiger partial charge in [0.25, 0.3) is 0 Å². The zero-order valence-electron chi connectivity index (χ0n) is 7.69. The maximum atomic E-state index is 10.7. The molecule has 0 aromatic heterocycles. The fraction of sp³-hybridized carbons (Fsp3) is 0.0909. The number of allylic oxidation sites excluding steroid dienone is 1. The summed E-state index contributed by atoms with van der Waals surface area (Å²) in [5, 5.41) is 17.9. The fourth-order valence-electron chi connectivity index (χ4n) is 0.991. The molecular weight excluding hydrogens is 178 g/mol. The lowest BCUT2D eigenvalue weighted by Crippen LogP contribution is -1.88. The van der Waals surface area contributed by atoms with Gasteiger partial charge in [-0.3, -0.25) is 4.79 Å². The van der Waals surface area contributed by atoms with E-state index in [0.29, 0.717) is 11.1 Å². The summed E-state index contributed by atoms with van der Waals surface area (Å²) in [6.07, 6.45) is 1.14. The largest absolute Gasteiger partial charge is 0.507 e. The highest BCUT2D eigenvalue weighted by atomic mass is 16.3. The zero-order valence-corrected chi connectivity index (χ0v) is 7.69. The summed E-state index contributed by atoms with van der Waals surface area (Å²) in [4.78, 5) is 10.7. The number of nitriles is 1. The molecule has 1 N–H and O–H groups in total. The molecule has 0 amide bonds. The van der Waals surface area contributed by atoms with Gasteiger partial charge in [0.15, 0.2) is 5.78 Å². The standard InChI is InChI=1S/C11H9NO2/c1-8(13)6-11(14)10-4-2-9(7-12)3-5-10/h2-6,14H,1H3/b11-6-. The molecule has 70 valence electrons. The van der Waals surface area contributed by atoms with Gasteiger partial charge in [-0.2, -0.15) is 5.26 Å². The molecule has 0 saturated heterocycles. The monoisotopic (exact) mass is 187 g/mol. The number of hydrogen-bond donors (Lipinski definition) is 1. The van der Waals surface area contributed by atoms with E-state index in [4.69, 9.17) is 5.26 Å². The lowest BCUT2D eigenvalue weighted by atomic mass is 10.1. The highest BCUT2D eigenvalue weighted by Crippen LogP contribution is 2.11. The molecule has 0 saturated carbocycles. The first kappa shape index (κ1) is 10.0. The van der Waals surface area contributed by atoms with E-state index < -0.39 is 0 Å². The normalized spacial score (nSPS) is 10.7. The van der Waals surface area contributed by atoms with E-state index in [-0.39, 0.29) is 11.5 Å². The van der Waals surface area contributed by atoms with Gasteiger partial charge in [-0.15, -0.1) is 0 Å². The van der Waals surface area contributed by atoms with Gasteiger partial charge in [0, 0.05) is 11.6 Å². The summed E-state index contributed by atoms with van der Waals surface area (Å²) in [5.41, 5.74) is 1.04. The van der Waals surface area contributed by atoms with Gasteiger partial charge >= 0.3 is 0 Å². The van der Waals surface area contributed by atoms with Gasteiger partial charge < -0.3 is 5.11 Å². The van der Waals surface area contributed by atoms with Gasteiger partial charge in [0.2, 0.25) is 0 Å². The Morgan fingerprint density at radius 3 is 2.43 bits per heavy atom. The molecule has 1 aromatic rings. The van der Waals surface area contributed by atoms with Gasteiger partial charge in [-0.25, -0.2) is 0 Å². The molecule has 1 rings (SSSR count). The van der Waals surface area contributed by atoms with E-state index >= 15 is 0 Å². The molecule has 3 heteroatoms. The Balaban J connectivity index is 2.99. The Bertz CT molecular complexity index is 410. The van der Waals surface area contributed by atoms with E-state index in [0.717, 1.165) is 6.08 Å². The van der Waals surface area contributed by atoms with Crippen LogP contribution in [0, 0.1) is 11.3 Å². The SMILES string of the molecule is CC(=O)/C=C(\O)c1ccc(C#N)cc1. The molecule has 0 bridgehead atoms. The molecular formula is C11H9NO2. The molecule has 1 aromatic carbocycles. The highest BCUT2D eigenvalue weighted by Gasteiger charge is 1.99. The van der Waals surface area contributed by atoms with E-state index in [1.165, 1.54) is 6.92 Å². The van der Waals surface area contributed by atoms with Crippen LogP contribution in [0.15, 0.2) is 30.3 Å². The van der Waals surface area contributed by atoms with Crippen molar-refractivity contribution >= 4 is 11.5 Å². The number of aliphatic hydroxyl groups excluding tert-OH is 1. The average molecular weight is 187 g/mol. The van der Waals surface area contributed by atoms with Crippen molar-refractivity contribution in [3.63, 3.8) is 0 Å². The van der Waals surface area contributed by atoms with Crippen molar-refractivity contribution in [3.05, 3.63) is 41.5 Å². The van der Waals surface area contributed by atoms with Crippen LogP contribution < -0.4 is 0 Å². The second-order valence-corrected chi connectivity index (χ2v) is 2.83. The summed E-state index contributed by atoms with van der Waals surface area (Å²) in [6, 6.07) is 8.31. The van der Waals surface area contributed by atoms with Crippen molar-refractivity contribution in [2.75, 3.05) is 0 Å². The van der Waals surface area contributed by atoms with Gasteiger partial charge in [-0.1, -0.05) is 0 Å². The fourth-order valence-corrected chi connectivity index (χ4v) is 0.991. The summed E-state index contributed by atoms with van der Waals surface area (Å²) in [5.74, 6) is -0.297. The average Bonchev–Trinajstić information content (AvgIpc) is 2.17. The van der Waals surface area contributed by atoms with Gasteiger partial charge in [-0.05, 0) is 31.2 Å². The Morgan fingerprint density at radius 2 is 2.00 bits per heavy atom. The molecule has 0 spiro atoms. The smallest absolute Gasteiger partial charge is 0.156 e. The molecule has 0 radical (unpaired) electrons. The summed E-state index contributed by atoms with van der Waals surface area (Å²) in [6.45, 7) is 1.36. The Kier molecular flexibility index (Phi) is 3.03. The third-order valence-corrected chi connectivity index (χ3v) is 1.65. The van der Waals surface area contributed by atoms with Crippen molar-refractivity contribution < 1.29 is 9.90 Å². The minimum absolute atomic E-state index is 0.0815. The molecule has 0 aliphatic carbocycles. The van der Waals surface area contributed by atoms with Crippen molar-refractivity contribution in [3.8, 4) is 6.07 Å². The summed E-state index contributed by atoms with van der Waals surface area (Å²) in [7, 11) is 0. The molecule has 3 nitrogen and oxygen atoms in total. The number of carbonyl (C=O) groups excluding carboxylic acids is 1. The third-order valence-electron chi connectivity index (χ3n) is 1.65. The number of rotatable bonds is 2. The predicted molar refractivity (Wildman–Crippen MR) is 52.4 cm³/mol. The van der Waals surface area contributed by atoms with Crippen LogP contribution in [0.2, 0.25) is 0 Å². The first-order chi connectivity index (χ1) is 6.63. The zero-order chi connectivity index (χ0) is 10.6. The Hall–Kier alpha value is -2.08. The highest BCUT2D eigenvalue weighted by molar-refractivity contribution is 5.93. The third kappa shape index (κ3) is 2.46. The van der Waals surface area contributed by atoms with Crippen molar-refractivity contribution in [1.82, 2.24) is 0 Å². The van der Waals surface area contributed by atoms with Gasteiger partial charge in [0.1, 0.15) is 5.76 Å². The van der Waals surface area contributed by atoms with Crippen molar-refractivity contribution in [2.45, 2.75) is 6.92 Å². The molecule has 0 aliphatic rings. The van der Waals surface area contributed by atoms with Crippen LogP contribution in [0.3, 0.4) is 0 Å². The first-order valence-corrected chi connectivity index (χ1v) is 4.05. The molecule has 0 aliphatic heterocycles. The van der Waals surface area contributed by atoms with Crippen LogP contribution in [-0.4, -0.2) is 10.9 Å². The van der Waals surface area contributed by atoms with Crippen LogP contribution in [0.5, 0.6) is 0 Å². The molecule has 0 heterocycles. The number of carbonyl (C=O) groups is 1. The molecule has 0 unspecified atom stereocenters. The van der Waals surface area contributed by atoms with E-state index in [1.54, 1.807) is 24.3 Å². The second-order valence-electron chi connectivity index (χ2n) is 2.83. The minimum Gasteiger partial charge on any atom is -0.507 e. The van der Waals surface area contributed by atoms with Crippen LogP contribution in [0.4, 0.5) is 0 Å². The Morgan fingerprint density at radius 1 is 1.43 bits per heavy atom. The lowest BCUT2D eigenvalue weighted by molar-refractivity contribution is -0.112. The van der Waals surface area contributed by atoms with Crippen LogP contribution in [0.1, 0.15) is 18.1 Å². The quantitative estimate of drug-likeness (QED) is 0.569. The number of nitrogens with zero attached hydrogens (tertiary/aromatic N) is 1. The molecule has 0 fully saturated rings. The number of ketones is 1. The van der Waals surface area contributed by atoms with Crippen LogP contribution >= 0.6 is 0 Å². The van der Waals surface area contributed by atoms with E-state index in [2.05, 4.69) is 0 Å². The second kappa shape index (κ2) is 4.24. The first-order valence-electron chi connectivity index (χ1n) is 4.05. The molecule has 14 heavy (non-hydrogen) atoms. The van der Waals surface area contributed by atoms with E-state index in [1.807, 2.05) is 6.07 Å². The van der Waals surface area contributed by atoms with Gasteiger partial charge in [0.05, 0.1) is 11.6 Å². The maximum absolute atomic E-state index is 10.7. The number of benzene rings is 1. The minimum atomic E-state index is -0.216. The van der Waals surface area contributed by atoms with Crippen LogP contribution in [0.25, 0.3) is 5.76 Å². The maximum Gasteiger partial charge on any atom is 0.156 e. The van der Waals surface area contributed by atoms with Crippen LogP contribution in [-0.2, 0) is 4.79 Å². The van der Waals surface area contributed by atoms with E-state index in [9.17, 15) is 9.90 Å². The predicted octanol–water partition coefficient (Wildman–Crippen LogP) is 2.05. The topological polar surface area (TPSA) is 61.1 Å². The van der Waals surface area contributed by atoms with Crippen molar-refractivity contribution in [1.29, 1.82) is 5.26 Å². The Labute approximate surface area is 81.9 Å². The lowest BCUT2D eigenvalue weighted by Gasteiger charge is -1.98. The summed E-state index contributed by atoms with van der Waals surface area (Å²) < 4.78 is 0. The number of aliphatic hydroxyl groups is 1. The van der Waals surface area contributed by atoms with Crippen molar-refractivity contribution in [2.24, 2.45) is 0 Å². The summed E-state index contributed by atoms with van der Waals surface area (Å²) >= 11 is 0. The number of hydrogen-bond acceptors (Lipinski definition) is 3.